The molecule has 2 aromatic rings. The highest BCUT2D eigenvalue weighted by Crippen LogP contribution is 2.36. The van der Waals surface area contributed by atoms with E-state index in [1.165, 1.54) is 19.1 Å². The monoisotopic (exact) mass is 471 g/mol. The summed E-state index contributed by atoms with van der Waals surface area (Å²) in [6, 6.07) is 10.2. The third kappa shape index (κ3) is 4.75. The van der Waals surface area contributed by atoms with E-state index in [-0.39, 0.29) is 24.8 Å². The van der Waals surface area contributed by atoms with Crippen LogP contribution in [0.4, 0.5) is 17.1 Å². The molecule has 33 heavy (non-hydrogen) atoms. The number of carbonyl (C=O) groups is 3. The topological polar surface area (TPSA) is 88.2 Å². The normalized spacial score (nSPS) is 17.9. The number of nitrogens with zero attached hydrogens (tertiary/aromatic N) is 2. The minimum Gasteiger partial charge on any atom is -0.495 e. The number of amides is 2. The number of esters is 1. The van der Waals surface area contributed by atoms with E-state index in [1.54, 1.807) is 30.3 Å². The van der Waals surface area contributed by atoms with E-state index in [0.29, 0.717) is 27.7 Å². The molecule has 0 radical (unpaired) electrons. The predicted octanol–water partition coefficient (Wildman–Crippen LogP) is 3.73. The SMILES string of the molecule is COC(=O)c1ccc(N2CCCC2)c(NC(=O)C2CC(=O)N(c3cc(Cl)ccc3OC)C2)c1. The molecule has 0 saturated carbocycles. The summed E-state index contributed by atoms with van der Waals surface area (Å²) in [5.74, 6) is -0.993. The van der Waals surface area contributed by atoms with Gasteiger partial charge in [-0.3, -0.25) is 9.59 Å². The standard InChI is InChI=1S/C24H26ClN3O5/c1-32-21-8-6-17(25)13-20(21)28-14-16(12-22(28)29)23(30)26-18-11-15(24(31)33-2)5-7-19(18)27-9-3-4-10-27/h5-8,11,13,16H,3-4,9-10,12,14H2,1-2H3,(H,26,30). The molecule has 0 bridgehead atoms. The highest BCUT2D eigenvalue weighted by molar-refractivity contribution is 6.31. The van der Waals surface area contributed by atoms with Gasteiger partial charge in [-0.05, 0) is 49.2 Å². The van der Waals surface area contributed by atoms with Crippen LogP contribution in [0.5, 0.6) is 5.75 Å². The summed E-state index contributed by atoms with van der Waals surface area (Å²) < 4.78 is 10.2. The van der Waals surface area contributed by atoms with E-state index in [2.05, 4.69) is 10.2 Å². The number of methoxy groups -OCH3 is 2. The number of anilines is 3. The molecule has 174 valence electrons. The molecule has 2 saturated heterocycles. The zero-order valence-corrected chi connectivity index (χ0v) is 19.4. The van der Waals surface area contributed by atoms with Gasteiger partial charge in [0.05, 0.1) is 42.8 Å². The maximum absolute atomic E-state index is 13.2. The van der Waals surface area contributed by atoms with Gasteiger partial charge in [-0.1, -0.05) is 11.6 Å². The smallest absolute Gasteiger partial charge is 0.337 e. The van der Waals surface area contributed by atoms with E-state index < -0.39 is 11.9 Å². The first kappa shape index (κ1) is 22.9. The Bertz CT molecular complexity index is 1080. The van der Waals surface area contributed by atoms with Crippen molar-refractivity contribution in [2.24, 2.45) is 5.92 Å². The molecule has 2 aromatic carbocycles. The van der Waals surface area contributed by atoms with Crippen LogP contribution >= 0.6 is 11.6 Å². The average Bonchev–Trinajstić information content (AvgIpc) is 3.48. The van der Waals surface area contributed by atoms with Crippen LogP contribution in [0.15, 0.2) is 36.4 Å². The first-order chi connectivity index (χ1) is 15.9. The summed E-state index contributed by atoms with van der Waals surface area (Å²) in [5.41, 5.74) is 2.28. The molecule has 1 atom stereocenters. The lowest BCUT2D eigenvalue weighted by Crippen LogP contribution is -2.29. The number of halogens is 1. The van der Waals surface area contributed by atoms with Gasteiger partial charge in [0, 0.05) is 31.1 Å². The lowest BCUT2D eigenvalue weighted by Gasteiger charge is -2.23. The summed E-state index contributed by atoms with van der Waals surface area (Å²) in [7, 11) is 2.84. The van der Waals surface area contributed by atoms with E-state index in [4.69, 9.17) is 21.1 Å². The summed E-state index contributed by atoms with van der Waals surface area (Å²) in [6.45, 7) is 1.96. The van der Waals surface area contributed by atoms with Crippen molar-refractivity contribution in [2.45, 2.75) is 19.3 Å². The van der Waals surface area contributed by atoms with E-state index in [0.717, 1.165) is 31.6 Å². The first-order valence-corrected chi connectivity index (χ1v) is 11.2. The Morgan fingerprint density at radius 1 is 1.06 bits per heavy atom. The molecular weight excluding hydrogens is 446 g/mol. The second-order valence-corrected chi connectivity index (χ2v) is 8.56. The van der Waals surface area contributed by atoms with Crippen molar-refractivity contribution in [3.63, 3.8) is 0 Å². The molecule has 1 N–H and O–H groups in total. The van der Waals surface area contributed by atoms with Crippen molar-refractivity contribution in [2.75, 3.05) is 49.0 Å². The number of ether oxygens (including phenoxy) is 2. The van der Waals surface area contributed by atoms with Crippen LogP contribution in [0.3, 0.4) is 0 Å². The fourth-order valence-corrected chi connectivity index (χ4v) is 4.51. The Morgan fingerprint density at radius 3 is 2.52 bits per heavy atom. The molecule has 8 nitrogen and oxygen atoms in total. The van der Waals surface area contributed by atoms with Crippen molar-refractivity contribution in [1.29, 1.82) is 0 Å². The summed E-state index contributed by atoms with van der Waals surface area (Å²) >= 11 is 6.12. The molecule has 0 aliphatic carbocycles. The van der Waals surface area contributed by atoms with Crippen LogP contribution < -0.4 is 19.9 Å². The maximum Gasteiger partial charge on any atom is 0.337 e. The second kappa shape index (κ2) is 9.70. The molecule has 0 aromatic heterocycles. The average molecular weight is 472 g/mol. The lowest BCUT2D eigenvalue weighted by atomic mass is 10.1. The number of nitrogens with one attached hydrogen (secondary N) is 1. The highest BCUT2D eigenvalue weighted by Gasteiger charge is 2.37. The summed E-state index contributed by atoms with van der Waals surface area (Å²) in [6.07, 6.45) is 2.20. The Kier molecular flexibility index (Phi) is 6.74. The fraction of sp³-hybridized carbons (Fsp3) is 0.375. The van der Waals surface area contributed by atoms with Gasteiger partial charge >= 0.3 is 5.97 Å². The molecule has 2 amide bonds. The Labute approximate surface area is 197 Å². The minimum atomic E-state index is -0.561. The van der Waals surface area contributed by atoms with Crippen LogP contribution in [0.1, 0.15) is 29.6 Å². The Morgan fingerprint density at radius 2 is 1.82 bits per heavy atom. The first-order valence-electron chi connectivity index (χ1n) is 10.8. The van der Waals surface area contributed by atoms with Crippen molar-refractivity contribution in [3.05, 3.63) is 47.0 Å². The molecule has 2 fully saturated rings. The molecule has 2 heterocycles. The van der Waals surface area contributed by atoms with Crippen LogP contribution in [-0.2, 0) is 14.3 Å². The van der Waals surface area contributed by atoms with Crippen LogP contribution in [-0.4, -0.2) is 51.6 Å². The molecule has 2 aliphatic heterocycles. The van der Waals surface area contributed by atoms with E-state index in [9.17, 15) is 14.4 Å². The zero-order valence-electron chi connectivity index (χ0n) is 18.6. The highest BCUT2D eigenvalue weighted by atomic mass is 35.5. The quantitative estimate of drug-likeness (QED) is 0.646. The van der Waals surface area contributed by atoms with E-state index >= 15 is 0 Å². The number of benzene rings is 2. The Hall–Kier alpha value is -3.26. The lowest BCUT2D eigenvalue weighted by molar-refractivity contribution is -0.122. The second-order valence-electron chi connectivity index (χ2n) is 8.13. The number of rotatable bonds is 6. The minimum absolute atomic E-state index is 0.0667. The van der Waals surface area contributed by atoms with Gasteiger partial charge in [0.25, 0.3) is 0 Å². The van der Waals surface area contributed by atoms with Gasteiger partial charge in [-0.15, -0.1) is 0 Å². The van der Waals surface area contributed by atoms with Crippen molar-refractivity contribution < 1.29 is 23.9 Å². The Balaban J connectivity index is 1.56. The molecule has 4 rings (SSSR count). The van der Waals surface area contributed by atoms with Crippen molar-refractivity contribution >= 4 is 46.4 Å². The maximum atomic E-state index is 13.2. The number of hydrogen-bond donors (Lipinski definition) is 1. The van der Waals surface area contributed by atoms with Crippen molar-refractivity contribution in [3.8, 4) is 5.75 Å². The van der Waals surface area contributed by atoms with E-state index in [1.807, 2.05) is 6.07 Å². The van der Waals surface area contributed by atoms with Gasteiger partial charge in [0.1, 0.15) is 5.75 Å². The van der Waals surface area contributed by atoms with Gasteiger partial charge < -0.3 is 24.6 Å². The summed E-state index contributed by atoms with van der Waals surface area (Å²) in [5, 5.41) is 3.43. The molecule has 0 spiro atoms. The molecule has 2 aliphatic rings. The zero-order chi connectivity index (χ0) is 23.5. The third-order valence-corrected chi connectivity index (χ3v) is 6.28. The number of hydrogen-bond acceptors (Lipinski definition) is 6. The van der Waals surface area contributed by atoms with Crippen LogP contribution in [0.25, 0.3) is 0 Å². The van der Waals surface area contributed by atoms with Gasteiger partial charge in [0.2, 0.25) is 11.8 Å². The molecular formula is C24H26ClN3O5. The van der Waals surface area contributed by atoms with Crippen LogP contribution in [0, 0.1) is 5.92 Å². The van der Waals surface area contributed by atoms with Crippen LogP contribution in [0.2, 0.25) is 5.02 Å². The van der Waals surface area contributed by atoms with Gasteiger partial charge in [-0.25, -0.2) is 4.79 Å². The van der Waals surface area contributed by atoms with Gasteiger partial charge in [0.15, 0.2) is 0 Å². The number of carbonyl (C=O) groups excluding carboxylic acids is 3. The fourth-order valence-electron chi connectivity index (χ4n) is 4.34. The largest absolute Gasteiger partial charge is 0.495 e. The van der Waals surface area contributed by atoms with Crippen molar-refractivity contribution in [1.82, 2.24) is 0 Å². The van der Waals surface area contributed by atoms with Gasteiger partial charge in [-0.2, -0.15) is 0 Å². The third-order valence-electron chi connectivity index (χ3n) is 6.05. The molecule has 1 unspecified atom stereocenters. The predicted molar refractivity (Wildman–Crippen MR) is 126 cm³/mol. The summed E-state index contributed by atoms with van der Waals surface area (Å²) in [4.78, 5) is 41.7. The molecule has 9 heteroatoms.